The number of carbonyl (C=O) groups is 1. The quantitative estimate of drug-likeness (QED) is 0.537. The van der Waals surface area contributed by atoms with E-state index in [2.05, 4.69) is 10.6 Å². The maximum absolute atomic E-state index is 13.0. The van der Waals surface area contributed by atoms with Gasteiger partial charge < -0.3 is 15.7 Å². The molecule has 1 unspecified atom stereocenters. The Kier molecular flexibility index (Phi) is 3.62. The number of nitrogens with one attached hydrogen (secondary N) is 2. The van der Waals surface area contributed by atoms with E-state index >= 15 is 0 Å². The van der Waals surface area contributed by atoms with Crippen LogP contribution in [-0.4, -0.2) is 42.9 Å². The van der Waals surface area contributed by atoms with Gasteiger partial charge in [0.05, 0.1) is 0 Å². The molecule has 1 aliphatic heterocycles. The monoisotopic (exact) mass is 190 g/mol. The summed E-state index contributed by atoms with van der Waals surface area (Å²) in [5.74, 6) is -0.609. The van der Waals surface area contributed by atoms with Gasteiger partial charge in [-0.1, -0.05) is 0 Å². The lowest BCUT2D eigenvalue weighted by Gasteiger charge is -2.13. The Balaban J connectivity index is 2.22. The van der Waals surface area contributed by atoms with Crippen LogP contribution in [-0.2, 0) is 4.79 Å². The lowest BCUT2D eigenvalue weighted by Crippen LogP contribution is -2.38. The van der Waals surface area contributed by atoms with Crippen LogP contribution in [0.4, 0.5) is 4.39 Å². The Morgan fingerprint density at radius 2 is 2.46 bits per heavy atom. The molecule has 4 nitrogen and oxygen atoms in total. The molecule has 0 aromatic heterocycles. The van der Waals surface area contributed by atoms with Gasteiger partial charge in [-0.15, -0.1) is 0 Å². The molecule has 1 rings (SSSR count). The van der Waals surface area contributed by atoms with E-state index in [-0.39, 0.29) is 12.5 Å². The number of hydrogen-bond acceptors (Lipinski definition) is 3. The van der Waals surface area contributed by atoms with Crippen molar-refractivity contribution in [3.8, 4) is 0 Å². The second-order valence-electron chi connectivity index (χ2n) is 3.36. The highest BCUT2D eigenvalue weighted by molar-refractivity contribution is 5.79. The molecular weight excluding hydrogens is 175 g/mol. The first-order valence-electron chi connectivity index (χ1n) is 4.42. The van der Waals surface area contributed by atoms with Crippen LogP contribution in [0.25, 0.3) is 0 Å². The number of hydrogen-bond donors (Lipinski definition) is 3. The second-order valence-corrected chi connectivity index (χ2v) is 3.36. The average Bonchev–Trinajstić information content (AvgIpc) is 2.47. The van der Waals surface area contributed by atoms with Crippen LogP contribution >= 0.6 is 0 Å². The van der Waals surface area contributed by atoms with Gasteiger partial charge in [0.2, 0.25) is 5.91 Å². The van der Waals surface area contributed by atoms with Crippen molar-refractivity contribution < 1.29 is 14.3 Å². The fraction of sp³-hybridized carbons (Fsp3) is 0.875. The molecule has 0 saturated carbocycles. The van der Waals surface area contributed by atoms with Gasteiger partial charge in [0.1, 0.15) is 12.3 Å². The fourth-order valence-corrected chi connectivity index (χ4v) is 1.28. The van der Waals surface area contributed by atoms with Crippen molar-refractivity contribution in [3.63, 3.8) is 0 Å². The molecule has 1 saturated heterocycles. The lowest BCUT2D eigenvalue weighted by molar-refractivity contribution is -0.128. The van der Waals surface area contributed by atoms with Crippen LogP contribution in [0.15, 0.2) is 0 Å². The van der Waals surface area contributed by atoms with Crippen molar-refractivity contribution in [3.05, 3.63) is 0 Å². The number of aliphatic hydroxyl groups excluding tert-OH is 1. The molecule has 1 aliphatic rings. The third-order valence-electron chi connectivity index (χ3n) is 2.18. The predicted molar refractivity (Wildman–Crippen MR) is 45.9 cm³/mol. The van der Waals surface area contributed by atoms with E-state index in [4.69, 9.17) is 5.11 Å². The van der Waals surface area contributed by atoms with E-state index in [1.54, 1.807) is 0 Å². The Hall–Kier alpha value is -0.680. The molecule has 3 N–H and O–H groups in total. The number of amides is 1. The average molecular weight is 190 g/mol. The van der Waals surface area contributed by atoms with Crippen LogP contribution < -0.4 is 10.6 Å². The summed E-state index contributed by atoms with van der Waals surface area (Å²) >= 11 is 0. The minimum atomic E-state index is -1.02. The molecule has 0 aliphatic carbocycles. The molecule has 13 heavy (non-hydrogen) atoms. The fourth-order valence-electron chi connectivity index (χ4n) is 1.28. The van der Waals surface area contributed by atoms with E-state index in [9.17, 15) is 9.18 Å². The second kappa shape index (κ2) is 4.53. The Bertz CT molecular complexity index is 187. The summed E-state index contributed by atoms with van der Waals surface area (Å²) in [6.45, 7) is 2.61. The summed E-state index contributed by atoms with van der Waals surface area (Å²) in [6, 6.07) is 0. The molecule has 1 amide bonds. The molecule has 1 fully saturated rings. The zero-order chi connectivity index (χ0) is 9.84. The smallest absolute Gasteiger partial charge is 0.248 e. The van der Waals surface area contributed by atoms with E-state index in [0.717, 1.165) is 0 Å². The highest BCUT2D eigenvalue weighted by atomic mass is 19.1. The molecule has 5 heteroatoms. The predicted octanol–water partition coefficient (Wildman–Crippen LogP) is -0.959. The van der Waals surface area contributed by atoms with Crippen molar-refractivity contribution in [1.29, 1.82) is 0 Å². The van der Waals surface area contributed by atoms with Gasteiger partial charge in [0.15, 0.2) is 0 Å². The van der Waals surface area contributed by atoms with Crippen molar-refractivity contribution in [2.24, 2.45) is 5.92 Å². The minimum Gasteiger partial charge on any atom is -0.384 e. The molecule has 0 spiro atoms. The maximum Gasteiger partial charge on any atom is 0.248 e. The normalized spacial score (nSPS) is 30.1. The van der Waals surface area contributed by atoms with Gasteiger partial charge in [-0.25, -0.2) is 4.39 Å². The molecule has 76 valence electrons. The Morgan fingerprint density at radius 1 is 1.77 bits per heavy atom. The molecule has 1 heterocycles. The lowest BCUT2D eigenvalue weighted by atomic mass is 10.1. The van der Waals surface area contributed by atoms with E-state index in [1.165, 1.54) is 6.92 Å². The Labute approximate surface area is 76.5 Å². The first kappa shape index (κ1) is 10.4. The molecule has 0 bridgehead atoms. The van der Waals surface area contributed by atoms with Crippen LogP contribution in [0.2, 0.25) is 0 Å². The van der Waals surface area contributed by atoms with Gasteiger partial charge in [-0.3, -0.25) is 4.79 Å². The third kappa shape index (κ3) is 2.93. The SMILES string of the molecule is CC(O)C(=O)NC[C@@H]1CNC[C@@H]1F. The van der Waals surface area contributed by atoms with Crippen LogP contribution in [0.1, 0.15) is 6.92 Å². The summed E-state index contributed by atoms with van der Waals surface area (Å²) in [6.07, 6.45) is -1.92. The third-order valence-corrected chi connectivity index (χ3v) is 2.18. The number of carbonyl (C=O) groups excluding carboxylic acids is 1. The highest BCUT2D eigenvalue weighted by Gasteiger charge is 2.27. The summed E-state index contributed by atoms with van der Waals surface area (Å²) in [4.78, 5) is 10.9. The maximum atomic E-state index is 13.0. The van der Waals surface area contributed by atoms with Gasteiger partial charge in [-0.05, 0) is 6.92 Å². The van der Waals surface area contributed by atoms with Gasteiger partial charge in [-0.2, -0.15) is 0 Å². The number of halogens is 1. The van der Waals surface area contributed by atoms with Gasteiger partial charge in [0, 0.05) is 25.6 Å². The molecule has 0 aromatic carbocycles. The zero-order valence-corrected chi connectivity index (χ0v) is 7.59. The van der Waals surface area contributed by atoms with Crippen LogP contribution in [0, 0.1) is 5.92 Å². The van der Waals surface area contributed by atoms with E-state index in [0.29, 0.717) is 13.1 Å². The molecular formula is C8H15FN2O2. The van der Waals surface area contributed by atoms with E-state index < -0.39 is 18.2 Å². The summed E-state index contributed by atoms with van der Waals surface area (Å²) in [5.41, 5.74) is 0. The summed E-state index contributed by atoms with van der Waals surface area (Å²) in [7, 11) is 0. The number of rotatable bonds is 3. The van der Waals surface area contributed by atoms with Crippen LogP contribution in [0.5, 0.6) is 0 Å². The number of aliphatic hydroxyl groups is 1. The molecule has 0 radical (unpaired) electrons. The first-order valence-corrected chi connectivity index (χ1v) is 4.42. The van der Waals surface area contributed by atoms with Crippen molar-refractivity contribution in [2.75, 3.05) is 19.6 Å². The van der Waals surface area contributed by atoms with Gasteiger partial charge in [0.25, 0.3) is 0 Å². The van der Waals surface area contributed by atoms with Crippen LogP contribution in [0.3, 0.4) is 0 Å². The molecule has 3 atom stereocenters. The van der Waals surface area contributed by atoms with Crippen molar-refractivity contribution in [2.45, 2.75) is 19.2 Å². The number of alkyl halides is 1. The zero-order valence-electron chi connectivity index (χ0n) is 7.59. The standard InChI is InChI=1S/C8H15FN2O2/c1-5(12)8(13)11-3-6-2-10-4-7(6)9/h5-7,10,12H,2-4H2,1H3,(H,11,13)/t5?,6-,7-/m0/s1. The molecule has 0 aromatic rings. The first-order chi connectivity index (χ1) is 6.11. The van der Waals surface area contributed by atoms with Crippen molar-refractivity contribution >= 4 is 5.91 Å². The topological polar surface area (TPSA) is 61.4 Å². The Morgan fingerprint density at radius 3 is 2.92 bits per heavy atom. The van der Waals surface area contributed by atoms with Crippen molar-refractivity contribution in [1.82, 2.24) is 10.6 Å². The highest BCUT2D eigenvalue weighted by Crippen LogP contribution is 2.10. The summed E-state index contributed by atoms with van der Waals surface area (Å²) in [5, 5.41) is 14.2. The minimum absolute atomic E-state index is 0.164. The van der Waals surface area contributed by atoms with E-state index in [1.807, 2.05) is 0 Å². The largest absolute Gasteiger partial charge is 0.384 e. The van der Waals surface area contributed by atoms with Gasteiger partial charge >= 0.3 is 0 Å². The summed E-state index contributed by atoms with van der Waals surface area (Å²) < 4.78 is 13.0.